The zero-order chi connectivity index (χ0) is 8.27. The zero-order valence-corrected chi connectivity index (χ0v) is 5.53. The Labute approximate surface area is 63.7 Å². The summed E-state index contributed by atoms with van der Waals surface area (Å²) < 4.78 is 0. The van der Waals surface area contributed by atoms with Crippen LogP contribution in [0.2, 0.25) is 0 Å². The van der Waals surface area contributed by atoms with Crippen molar-refractivity contribution in [3.8, 4) is 17.9 Å². The summed E-state index contributed by atoms with van der Waals surface area (Å²) in [6.07, 6.45) is 0. The standard InChI is InChI=1S/C8H3N2O/c9-4-6-1-2-7(5-10)8(11)3-6/h1-3H. The summed E-state index contributed by atoms with van der Waals surface area (Å²) >= 11 is 0. The first-order valence-corrected chi connectivity index (χ1v) is 2.89. The highest BCUT2D eigenvalue weighted by molar-refractivity contribution is 5.47. The molecule has 0 heterocycles. The van der Waals surface area contributed by atoms with Gasteiger partial charge in [-0.05, 0) is 12.1 Å². The average molecular weight is 143 g/mol. The van der Waals surface area contributed by atoms with Crippen LogP contribution in [0, 0.1) is 22.7 Å². The van der Waals surface area contributed by atoms with E-state index in [0.717, 1.165) is 6.07 Å². The monoisotopic (exact) mass is 143 g/mol. The lowest BCUT2D eigenvalue weighted by atomic mass is 10.1. The van der Waals surface area contributed by atoms with Crippen molar-refractivity contribution < 1.29 is 5.11 Å². The maximum atomic E-state index is 10.9. The van der Waals surface area contributed by atoms with Gasteiger partial charge in [0, 0.05) is 6.07 Å². The molecule has 0 fully saturated rings. The van der Waals surface area contributed by atoms with Crippen LogP contribution in [0.15, 0.2) is 18.2 Å². The Morgan fingerprint density at radius 1 is 1.18 bits per heavy atom. The van der Waals surface area contributed by atoms with E-state index in [0.29, 0.717) is 0 Å². The fourth-order valence-electron chi connectivity index (χ4n) is 0.684. The molecule has 0 spiro atoms. The van der Waals surface area contributed by atoms with Crippen LogP contribution in [-0.2, 0) is 5.11 Å². The highest BCUT2D eigenvalue weighted by atomic mass is 16.3. The molecule has 0 N–H and O–H groups in total. The van der Waals surface area contributed by atoms with E-state index < -0.39 is 5.75 Å². The van der Waals surface area contributed by atoms with E-state index in [1.165, 1.54) is 12.1 Å². The van der Waals surface area contributed by atoms with Crippen LogP contribution >= 0.6 is 0 Å². The molecule has 1 rings (SSSR count). The molecule has 0 bridgehead atoms. The smallest absolute Gasteiger partial charge is 0.197 e. The van der Waals surface area contributed by atoms with Crippen LogP contribution in [0.3, 0.4) is 0 Å². The van der Waals surface area contributed by atoms with Gasteiger partial charge in [-0.3, -0.25) is 5.11 Å². The number of hydrogen-bond donors (Lipinski definition) is 0. The molecular formula is C8H3N2O. The van der Waals surface area contributed by atoms with Crippen LogP contribution in [0.4, 0.5) is 0 Å². The van der Waals surface area contributed by atoms with Crippen molar-refractivity contribution >= 4 is 0 Å². The number of nitriles is 2. The molecule has 3 nitrogen and oxygen atoms in total. The number of nitrogens with zero attached hydrogens (tertiary/aromatic N) is 2. The molecule has 1 radical (unpaired) electrons. The van der Waals surface area contributed by atoms with E-state index in [2.05, 4.69) is 0 Å². The van der Waals surface area contributed by atoms with Gasteiger partial charge in [-0.25, -0.2) is 0 Å². The normalized spacial score (nSPS) is 8.18. The van der Waals surface area contributed by atoms with Crippen LogP contribution in [-0.4, -0.2) is 0 Å². The van der Waals surface area contributed by atoms with Crippen molar-refractivity contribution in [3.63, 3.8) is 0 Å². The van der Waals surface area contributed by atoms with Crippen molar-refractivity contribution in [2.24, 2.45) is 0 Å². The summed E-state index contributed by atoms with van der Waals surface area (Å²) in [7, 11) is 0. The fourth-order valence-corrected chi connectivity index (χ4v) is 0.684. The van der Waals surface area contributed by atoms with Crippen LogP contribution in [0.1, 0.15) is 11.1 Å². The second-order valence-corrected chi connectivity index (χ2v) is 1.93. The van der Waals surface area contributed by atoms with Gasteiger partial charge < -0.3 is 0 Å². The Bertz CT molecular complexity index is 357. The average Bonchev–Trinajstić information content (AvgIpc) is 2.04. The quantitative estimate of drug-likeness (QED) is 0.553. The minimum Gasteiger partial charge on any atom is -0.288 e. The maximum Gasteiger partial charge on any atom is 0.197 e. The van der Waals surface area contributed by atoms with Gasteiger partial charge in [-0.2, -0.15) is 10.5 Å². The molecule has 3 heteroatoms. The van der Waals surface area contributed by atoms with Gasteiger partial charge in [0.25, 0.3) is 0 Å². The molecule has 1 aromatic carbocycles. The summed E-state index contributed by atoms with van der Waals surface area (Å²) in [5, 5.41) is 27.6. The molecule has 0 aliphatic carbocycles. The highest BCUT2D eigenvalue weighted by Gasteiger charge is 2.01. The van der Waals surface area contributed by atoms with Crippen LogP contribution < -0.4 is 0 Å². The Morgan fingerprint density at radius 3 is 2.36 bits per heavy atom. The fraction of sp³-hybridized carbons (Fsp3) is 0. The molecule has 11 heavy (non-hydrogen) atoms. The predicted octanol–water partition coefficient (Wildman–Crippen LogP) is 1.57. The second kappa shape index (κ2) is 2.72. The summed E-state index contributed by atoms with van der Waals surface area (Å²) in [5.41, 5.74) is 0.359. The molecular weight excluding hydrogens is 140 g/mol. The second-order valence-electron chi connectivity index (χ2n) is 1.93. The van der Waals surface area contributed by atoms with E-state index in [9.17, 15) is 5.11 Å². The topological polar surface area (TPSA) is 67.5 Å². The Balaban J connectivity index is 3.25. The van der Waals surface area contributed by atoms with Gasteiger partial charge in [0.2, 0.25) is 0 Å². The van der Waals surface area contributed by atoms with E-state index in [1.807, 2.05) is 6.07 Å². The summed E-state index contributed by atoms with van der Waals surface area (Å²) in [5.74, 6) is -0.397. The van der Waals surface area contributed by atoms with E-state index in [-0.39, 0.29) is 11.1 Å². The van der Waals surface area contributed by atoms with Gasteiger partial charge in [0.05, 0.1) is 17.2 Å². The largest absolute Gasteiger partial charge is 0.288 e. The van der Waals surface area contributed by atoms with Crippen molar-refractivity contribution in [3.05, 3.63) is 29.3 Å². The molecule has 0 aliphatic rings. The molecule has 0 amide bonds. The number of hydrogen-bond acceptors (Lipinski definition) is 2. The number of benzene rings is 1. The minimum absolute atomic E-state index is 0.0731. The molecule has 0 aromatic heterocycles. The first-order chi connectivity index (χ1) is 5.27. The first-order valence-electron chi connectivity index (χ1n) is 2.89. The van der Waals surface area contributed by atoms with Gasteiger partial charge in [-0.15, -0.1) is 0 Å². The third-order valence-corrected chi connectivity index (χ3v) is 1.23. The molecule has 0 unspecified atom stereocenters. The SMILES string of the molecule is N#Cc1ccc(C#N)c([O])c1. The molecule has 0 atom stereocenters. The van der Waals surface area contributed by atoms with Gasteiger partial charge >= 0.3 is 0 Å². The van der Waals surface area contributed by atoms with Crippen LogP contribution in [0.5, 0.6) is 5.75 Å². The van der Waals surface area contributed by atoms with E-state index in [1.54, 1.807) is 6.07 Å². The molecule has 0 saturated heterocycles. The molecule has 0 saturated carbocycles. The van der Waals surface area contributed by atoms with Crippen molar-refractivity contribution in [1.82, 2.24) is 0 Å². The first kappa shape index (κ1) is 7.11. The Hall–Kier alpha value is -2.00. The lowest BCUT2D eigenvalue weighted by Crippen LogP contribution is -1.77. The molecule has 0 aliphatic heterocycles. The van der Waals surface area contributed by atoms with Crippen LogP contribution in [0.25, 0.3) is 0 Å². The van der Waals surface area contributed by atoms with Gasteiger partial charge in [-0.1, -0.05) is 0 Å². The summed E-state index contributed by atoms with van der Waals surface area (Å²) in [6.45, 7) is 0. The molecule has 1 aromatic rings. The summed E-state index contributed by atoms with van der Waals surface area (Å²) in [6, 6.07) is 7.48. The lowest BCUT2D eigenvalue weighted by molar-refractivity contribution is 0.353. The Kier molecular flexibility index (Phi) is 1.76. The van der Waals surface area contributed by atoms with Gasteiger partial charge in [0.15, 0.2) is 5.75 Å². The van der Waals surface area contributed by atoms with Crippen molar-refractivity contribution in [2.45, 2.75) is 0 Å². The van der Waals surface area contributed by atoms with E-state index >= 15 is 0 Å². The van der Waals surface area contributed by atoms with Crippen molar-refractivity contribution in [1.29, 1.82) is 10.5 Å². The molecule has 51 valence electrons. The summed E-state index contributed by atoms with van der Waals surface area (Å²) in [4.78, 5) is 0. The third kappa shape index (κ3) is 1.28. The van der Waals surface area contributed by atoms with Crippen molar-refractivity contribution in [2.75, 3.05) is 0 Å². The highest BCUT2D eigenvalue weighted by Crippen LogP contribution is 2.17. The maximum absolute atomic E-state index is 10.9. The zero-order valence-electron chi connectivity index (χ0n) is 5.53. The van der Waals surface area contributed by atoms with Gasteiger partial charge in [0.1, 0.15) is 6.07 Å². The predicted molar refractivity (Wildman–Crippen MR) is 36.0 cm³/mol. The number of rotatable bonds is 0. The Morgan fingerprint density at radius 2 is 1.91 bits per heavy atom. The van der Waals surface area contributed by atoms with E-state index in [4.69, 9.17) is 10.5 Å². The lowest BCUT2D eigenvalue weighted by Gasteiger charge is -1.90. The third-order valence-electron chi connectivity index (χ3n) is 1.23. The minimum atomic E-state index is -0.397.